The molecular formula is C18H25N3O5S. The van der Waals surface area contributed by atoms with Crippen LogP contribution in [0.15, 0.2) is 9.59 Å². The van der Waals surface area contributed by atoms with E-state index >= 15 is 0 Å². The van der Waals surface area contributed by atoms with Gasteiger partial charge in [0.1, 0.15) is 4.83 Å². The molecule has 0 unspecified atom stereocenters. The molecule has 0 aliphatic carbocycles. The van der Waals surface area contributed by atoms with Crippen LogP contribution in [0, 0.1) is 6.92 Å². The van der Waals surface area contributed by atoms with Gasteiger partial charge in [0, 0.05) is 26.7 Å². The first-order valence-corrected chi connectivity index (χ1v) is 9.95. The highest BCUT2D eigenvalue weighted by Crippen LogP contribution is 2.29. The SMILES string of the molecule is CCn1c(=O)c2c(C)c(C(=O)N3CCC(O)CC3)sc2n(CCOC)c1=O. The van der Waals surface area contributed by atoms with Gasteiger partial charge in [-0.15, -0.1) is 11.3 Å². The van der Waals surface area contributed by atoms with Crippen molar-refractivity contribution < 1.29 is 14.6 Å². The number of aliphatic hydroxyl groups is 1. The van der Waals surface area contributed by atoms with Crippen LogP contribution in [0.3, 0.4) is 0 Å². The summed E-state index contributed by atoms with van der Waals surface area (Å²) in [4.78, 5) is 41.3. The van der Waals surface area contributed by atoms with Crippen molar-refractivity contribution in [3.8, 4) is 0 Å². The molecule has 1 aliphatic heterocycles. The molecule has 1 fully saturated rings. The minimum Gasteiger partial charge on any atom is -0.393 e. The fourth-order valence-electron chi connectivity index (χ4n) is 3.47. The molecule has 148 valence electrons. The Hall–Kier alpha value is -1.97. The number of rotatable bonds is 5. The molecule has 3 heterocycles. The lowest BCUT2D eigenvalue weighted by molar-refractivity contribution is 0.0550. The van der Waals surface area contributed by atoms with E-state index in [1.54, 1.807) is 25.9 Å². The Morgan fingerprint density at radius 2 is 1.93 bits per heavy atom. The van der Waals surface area contributed by atoms with Crippen LogP contribution in [0.1, 0.15) is 35.0 Å². The number of aryl methyl sites for hydroxylation is 1. The van der Waals surface area contributed by atoms with Crippen LogP contribution < -0.4 is 11.2 Å². The van der Waals surface area contributed by atoms with E-state index < -0.39 is 0 Å². The number of piperidine rings is 1. The number of nitrogens with zero attached hydrogens (tertiary/aromatic N) is 3. The summed E-state index contributed by atoms with van der Waals surface area (Å²) in [5.74, 6) is -0.145. The molecule has 3 rings (SSSR count). The van der Waals surface area contributed by atoms with Crippen molar-refractivity contribution in [2.45, 2.75) is 45.9 Å². The second-order valence-corrected chi connectivity index (χ2v) is 7.74. The second-order valence-electron chi connectivity index (χ2n) is 6.74. The molecule has 1 aliphatic rings. The molecule has 1 saturated heterocycles. The van der Waals surface area contributed by atoms with E-state index in [-0.39, 0.29) is 29.8 Å². The fraction of sp³-hybridized carbons (Fsp3) is 0.611. The van der Waals surface area contributed by atoms with E-state index in [0.29, 0.717) is 59.7 Å². The van der Waals surface area contributed by atoms with Gasteiger partial charge in [-0.3, -0.25) is 18.7 Å². The molecular weight excluding hydrogens is 370 g/mol. The number of carbonyl (C=O) groups excluding carboxylic acids is 1. The third kappa shape index (κ3) is 3.46. The van der Waals surface area contributed by atoms with Crippen LogP contribution in [0.5, 0.6) is 0 Å². The van der Waals surface area contributed by atoms with Gasteiger partial charge in [0.15, 0.2) is 0 Å². The summed E-state index contributed by atoms with van der Waals surface area (Å²) in [5, 5.41) is 10.1. The molecule has 27 heavy (non-hydrogen) atoms. The Morgan fingerprint density at radius 3 is 2.52 bits per heavy atom. The Bertz CT molecular complexity index is 966. The normalized spacial score (nSPS) is 15.6. The molecule has 0 atom stereocenters. The minimum atomic E-state index is -0.381. The number of carbonyl (C=O) groups is 1. The maximum atomic E-state index is 13.0. The Kier molecular flexibility index (Phi) is 5.83. The monoisotopic (exact) mass is 395 g/mol. The fourth-order valence-corrected chi connectivity index (χ4v) is 4.76. The van der Waals surface area contributed by atoms with Crippen molar-refractivity contribution in [1.29, 1.82) is 0 Å². The lowest BCUT2D eigenvalue weighted by Crippen LogP contribution is -2.40. The molecule has 0 bridgehead atoms. The van der Waals surface area contributed by atoms with Crippen LogP contribution in [0.2, 0.25) is 0 Å². The highest BCUT2D eigenvalue weighted by Gasteiger charge is 2.28. The molecule has 0 spiro atoms. The van der Waals surface area contributed by atoms with Crippen molar-refractivity contribution in [2.24, 2.45) is 0 Å². The van der Waals surface area contributed by atoms with E-state index in [1.165, 1.54) is 20.5 Å². The highest BCUT2D eigenvalue weighted by atomic mass is 32.1. The van der Waals surface area contributed by atoms with Gasteiger partial charge < -0.3 is 14.7 Å². The number of thiophene rings is 1. The number of methoxy groups -OCH3 is 1. The number of likely N-dealkylation sites (tertiary alicyclic amines) is 1. The molecule has 1 N–H and O–H groups in total. The summed E-state index contributed by atoms with van der Waals surface area (Å²) in [5.41, 5.74) is -0.120. The number of hydrogen-bond acceptors (Lipinski definition) is 6. The van der Waals surface area contributed by atoms with Crippen LogP contribution in [-0.4, -0.2) is 58.0 Å². The predicted octanol–water partition coefficient (Wildman–Crippen LogP) is 0.796. The molecule has 1 amide bonds. The van der Waals surface area contributed by atoms with E-state index in [2.05, 4.69) is 0 Å². The maximum absolute atomic E-state index is 13.0. The standard InChI is InChI=1S/C18H25N3O5S/c1-4-20-15(23)13-11(2)14(16(24)19-7-5-12(22)6-8-19)27-17(13)21(18(20)25)9-10-26-3/h12,22H,4-10H2,1-3H3. The Labute approximate surface area is 160 Å². The lowest BCUT2D eigenvalue weighted by atomic mass is 10.1. The van der Waals surface area contributed by atoms with Gasteiger partial charge in [-0.05, 0) is 32.3 Å². The predicted molar refractivity (Wildman–Crippen MR) is 104 cm³/mol. The molecule has 2 aromatic heterocycles. The van der Waals surface area contributed by atoms with Gasteiger partial charge in [0.2, 0.25) is 0 Å². The average molecular weight is 395 g/mol. The first-order chi connectivity index (χ1) is 12.9. The zero-order valence-electron chi connectivity index (χ0n) is 15.9. The summed E-state index contributed by atoms with van der Waals surface area (Å²) in [7, 11) is 1.55. The topological polar surface area (TPSA) is 93.8 Å². The van der Waals surface area contributed by atoms with Crippen molar-refractivity contribution in [1.82, 2.24) is 14.0 Å². The van der Waals surface area contributed by atoms with Gasteiger partial charge in [0.05, 0.1) is 29.5 Å². The third-order valence-corrected chi connectivity index (χ3v) is 6.38. The zero-order chi connectivity index (χ0) is 19.7. The van der Waals surface area contributed by atoms with E-state index in [0.717, 1.165) is 0 Å². The zero-order valence-corrected chi connectivity index (χ0v) is 16.7. The number of amides is 1. The second kappa shape index (κ2) is 7.95. The first-order valence-electron chi connectivity index (χ1n) is 9.13. The Balaban J connectivity index is 2.15. The van der Waals surface area contributed by atoms with Crippen LogP contribution >= 0.6 is 11.3 Å². The van der Waals surface area contributed by atoms with Crippen LogP contribution in [0.25, 0.3) is 10.2 Å². The molecule has 2 aromatic rings. The third-order valence-electron chi connectivity index (χ3n) is 5.08. The summed E-state index contributed by atoms with van der Waals surface area (Å²) in [6.07, 6.45) is 0.738. The van der Waals surface area contributed by atoms with Gasteiger partial charge in [-0.2, -0.15) is 0 Å². The average Bonchev–Trinajstić information content (AvgIpc) is 2.99. The number of aliphatic hydroxyl groups excluding tert-OH is 1. The largest absolute Gasteiger partial charge is 0.393 e. The minimum absolute atomic E-state index is 0.145. The number of ether oxygens (including phenoxy) is 1. The molecule has 8 nitrogen and oxygen atoms in total. The van der Waals surface area contributed by atoms with E-state index in [9.17, 15) is 19.5 Å². The molecule has 9 heteroatoms. The smallest absolute Gasteiger partial charge is 0.332 e. The first kappa shape index (κ1) is 19.8. The van der Waals surface area contributed by atoms with Gasteiger partial charge in [0.25, 0.3) is 11.5 Å². The molecule has 0 aromatic carbocycles. The van der Waals surface area contributed by atoms with Crippen molar-refractivity contribution in [2.75, 3.05) is 26.8 Å². The molecule has 0 saturated carbocycles. The molecule has 0 radical (unpaired) electrons. The number of fused-ring (bicyclic) bond motifs is 1. The van der Waals surface area contributed by atoms with E-state index in [1.807, 2.05) is 0 Å². The number of hydrogen-bond donors (Lipinski definition) is 1. The maximum Gasteiger partial charge on any atom is 0.332 e. The van der Waals surface area contributed by atoms with Crippen molar-refractivity contribution >= 4 is 27.5 Å². The summed E-state index contributed by atoms with van der Waals surface area (Å²) in [6, 6.07) is 0. The van der Waals surface area contributed by atoms with Gasteiger partial charge >= 0.3 is 5.69 Å². The van der Waals surface area contributed by atoms with Crippen molar-refractivity contribution in [3.05, 3.63) is 31.3 Å². The number of aromatic nitrogens is 2. The van der Waals surface area contributed by atoms with E-state index in [4.69, 9.17) is 4.74 Å². The quantitative estimate of drug-likeness (QED) is 0.808. The lowest BCUT2D eigenvalue weighted by Gasteiger charge is -2.29. The van der Waals surface area contributed by atoms with Crippen LogP contribution in [-0.2, 0) is 17.8 Å². The summed E-state index contributed by atoms with van der Waals surface area (Å²) >= 11 is 1.19. The van der Waals surface area contributed by atoms with Gasteiger partial charge in [-0.1, -0.05) is 0 Å². The summed E-state index contributed by atoms with van der Waals surface area (Å²) < 4.78 is 7.83. The van der Waals surface area contributed by atoms with Crippen molar-refractivity contribution in [3.63, 3.8) is 0 Å². The van der Waals surface area contributed by atoms with Gasteiger partial charge in [-0.25, -0.2) is 4.79 Å². The Morgan fingerprint density at radius 1 is 1.26 bits per heavy atom. The highest BCUT2D eigenvalue weighted by molar-refractivity contribution is 7.20. The summed E-state index contributed by atoms with van der Waals surface area (Å²) in [6.45, 7) is 5.41. The van der Waals surface area contributed by atoms with Crippen LogP contribution in [0.4, 0.5) is 0 Å².